The molecule has 0 spiro atoms. The molecule has 0 bridgehead atoms. The minimum Gasteiger partial charge on any atom is -0.497 e. The Balaban J connectivity index is 0. The van der Waals surface area contributed by atoms with E-state index in [1.165, 1.54) is 0 Å². The lowest BCUT2D eigenvalue weighted by molar-refractivity contribution is 0.403. The highest BCUT2D eigenvalue weighted by molar-refractivity contribution is 5.85. The zero-order valence-electron chi connectivity index (χ0n) is 7.43. The summed E-state index contributed by atoms with van der Waals surface area (Å²) in [4.78, 5) is 0. The molecule has 1 aromatic carbocycles. The molecule has 4 nitrogen and oxygen atoms in total. The molecule has 5 heteroatoms. The molecule has 0 N–H and O–H groups in total. The van der Waals surface area contributed by atoms with E-state index in [4.69, 9.17) is 20.3 Å². The number of nitrogens with zero attached hydrogens (tertiary/aromatic N) is 2. The van der Waals surface area contributed by atoms with Crippen LogP contribution in [0.25, 0.3) is 0 Å². The van der Waals surface area contributed by atoms with E-state index in [9.17, 15) is 0 Å². The average molecular weight is 203 g/mol. The third kappa shape index (κ3) is 4.88. The van der Waals surface area contributed by atoms with Crippen LogP contribution < -0.4 is 9.47 Å². The van der Waals surface area contributed by atoms with Crippen LogP contribution in [-0.4, -0.2) is 14.2 Å². The van der Waals surface area contributed by atoms with Gasteiger partial charge in [0, 0.05) is 10.8 Å². The van der Waals surface area contributed by atoms with Crippen molar-refractivity contribution in [1.82, 2.24) is 0 Å². The quantitative estimate of drug-likeness (QED) is 0.690. The van der Waals surface area contributed by atoms with E-state index in [-0.39, 0.29) is 12.4 Å². The summed E-state index contributed by atoms with van der Waals surface area (Å²) in [5.41, 5.74) is 0. The summed E-state index contributed by atoms with van der Waals surface area (Å²) in [6, 6.07) is 7.44. The minimum absolute atomic E-state index is 0. The second kappa shape index (κ2) is 8.62. The highest BCUT2D eigenvalue weighted by atomic mass is 35.5. The molecule has 0 fully saturated rings. The third-order valence-electron chi connectivity index (χ3n) is 1.30. The number of benzene rings is 1. The van der Waals surface area contributed by atoms with Gasteiger partial charge >= 0.3 is 0 Å². The number of hydrogen-bond donors (Lipinski definition) is 0. The first kappa shape index (κ1) is 14.1. The van der Waals surface area contributed by atoms with Gasteiger partial charge < -0.3 is 9.47 Å². The lowest BCUT2D eigenvalue weighted by atomic mass is 10.3. The fourth-order valence-electron chi connectivity index (χ4n) is 0.712. The number of ether oxygens (including phenoxy) is 2. The van der Waals surface area contributed by atoms with Crippen LogP contribution in [0.1, 0.15) is 0 Å². The maximum atomic E-state index is 6.00. The molecule has 0 unspecified atom stereocenters. The normalized spacial score (nSPS) is 7.08. The lowest BCUT2D eigenvalue weighted by Crippen LogP contribution is -1.83. The second-order valence-corrected chi connectivity index (χ2v) is 1.88. The van der Waals surface area contributed by atoms with E-state index in [0.29, 0.717) is 0 Å². The van der Waals surface area contributed by atoms with Crippen LogP contribution >= 0.6 is 12.4 Å². The van der Waals surface area contributed by atoms with Gasteiger partial charge in [0.15, 0.2) is 0 Å². The molecule has 0 aromatic heterocycles. The van der Waals surface area contributed by atoms with Crippen molar-refractivity contribution in [2.75, 3.05) is 14.2 Å². The SMILES string of the molecule is COc1ccc(OC)cc1.Cl.N#N. The van der Waals surface area contributed by atoms with Gasteiger partial charge in [-0.2, -0.15) is 0 Å². The standard InChI is InChI=1S/C8H10O2.ClH.N2/c1-9-7-3-5-8(10-2)6-4-7;;1-2/h3-6H,1-2H3;1H;. The summed E-state index contributed by atoms with van der Waals surface area (Å²) < 4.78 is 9.92. The molecular formula is C8H11ClN2O2. The van der Waals surface area contributed by atoms with Gasteiger partial charge in [-0.05, 0) is 24.3 Å². The predicted octanol–water partition coefficient (Wildman–Crippen LogP) is 2.16. The highest BCUT2D eigenvalue weighted by Crippen LogP contribution is 2.15. The summed E-state index contributed by atoms with van der Waals surface area (Å²) in [5.74, 6) is 1.70. The number of halogens is 1. The Morgan fingerprint density at radius 3 is 1.23 bits per heavy atom. The molecule has 13 heavy (non-hydrogen) atoms. The van der Waals surface area contributed by atoms with Crippen molar-refractivity contribution >= 4 is 12.4 Å². The van der Waals surface area contributed by atoms with Crippen molar-refractivity contribution in [2.24, 2.45) is 0 Å². The van der Waals surface area contributed by atoms with E-state index in [0.717, 1.165) is 11.5 Å². The zero-order valence-corrected chi connectivity index (χ0v) is 8.25. The van der Waals surface area contributed by atoms with Gasteiger partial charge in [-0.15, -0.1) is 12.4 Å². The summed E-state index contributed by atoms with van der Waals surface area (Å²) in [6.07, 6.45) is 0. The Kier molecular flexibility index (Phi) is 9.34. The largest absolute Gasteiger partial charge is 0.497 e. The van der Waals surface area contributed by atoms with Crippen molar-refractivity contribution < 1.29 is 9.47 Å². The third-order valence-corrected chi connectivity index (χ3v) is 1.30. The van der Waals surface area contributed by atoms with Crippen molar-refractivity contribution in [3.63, 3.8) is 0 Å². The first-order chi connectivity index (χ1) is 5.86. The molecule has 0 saturated carbocycles. The maximum Gasteiger partial charge on any atom is 0.119 e. The molecular weight excluding hydrogens is 192 g/mol. The van der Waals surface area contributed by atoms with E-state index in [2.05, 4.69) is 0 Å². The summed E-state index contributed by atoms with van der Waals surface area (Å²) in [7, 11) is 3.28. The number of rotatable bonds is 2. The van der Waals surface area contributed by atoms with Crippen molar-refractivity contribution in [3.05, 3.63) is 24.3 Å². The summed E-state index contributed by atoms with van der Waals surface area (Å²) in [6.45, 7) is 0. The maximum absolute atomic E-state index is 6.00. The molecule has 1 rings (SSSR count). The molecule has 0 atom stereocenters. The van der Waals surface area contributed by atoms with Crippen LogP contribution in [-0.2, 0) is 0 Å². The Hall–Kier alpha value is -1.47. The Labute approximate surface area is 83.3 Å². The first-order valence-electron chi connectivity index (χ1n) is 3.25. The van der Waals surface area contributed by atoms with Crippen LogP contribution in [0.3, 0.4) is 0 Å². The van der Waals surface area contributed by atoms with E-state index in [1.807, 2.05) is 24.3 Å². The molecule has 0 amide bonds. The zero-order chi connectivity index (χ0) is 9.40. The minimum atomic E-state index is 0. The fraction of sp³-hybridized carbons (Fsp3) is 0.250. The molecule has 0 radical (unpaired) electrons. The van der Waals surface area contributed by atoms with Crippen LogP contribution in [0.15, 0.2) is 24.3 Å². The second-order valence-electron chi connectivity index (χ2n) is 1.88. The molecule has 0 saturated heterocycles. The lowest BCUT2D eigenvalue weighted by Gasteiger charge is -2.00. The Morgan fingerprint density at radius 2 is 1.08 bits per heavy atom. The molecule has 0 aliphatic carbocycles. The van der Waals surface area contributed by atoms with Crippen LogP contribution in [0.4, 0.5) is 0 Å². The average Bonchev–Trinajstić information content (AvgIpc) is 2.21. The topological polar surface area (TPSA) is 66.0 Å². The van der Waals surface area contributed by atoms with Gasteiger partial charge in [-0.3, -0.25) is 0 Å². The smallest absolute Gasteiger partial charge is 0.119 e. The summed E-state index contributed by atoms with van der Waals surface area (Å²) >= 11 is 0. The predicted molar refractivity (Wildman–Crippen MR) is 50.2 cm³/mol. The first-order valence-corrected chi connectivity index (χ1v) is 3.25. The molecule has 1 aromatic rings. The van der Waals surface area contributed by atoms with Crippen LogP contribution in [0.5, 0.6) is 11.5 Å². The highest BCUT2D eigenvalue weighted by Gasteiger charge is 1.89. The van der Waals surface area contributed by atoms with Crippen molar-refractivity contribution in [3.8, 4) is 11.5 Å². The number of hydrogen-bond acceptors (Lipinski definition) is 4. The van der Waals surface area contributed by atoms with Gasteiger partial charge in [0.1, 0.15) is 11.5 Å². The van der Waals surface area contributed by atoms with Gasteiger partial charge in [-0.1, -0.05) is 0 Å². The monoisotopic (exact) mass is 202 g/mol. The molecule has 72 valence electrons. The van der Waals surface area contributed by atoms with Crippen LogP contribution in [0, 0.1) is 10.8 Å². The van der Waals surface area contributed by atoms with Gasteiger partial charge in [-0.25, -0.2) is 0 Å². The van der Waals surface area contributed by atoms with Crippen LogP contribution in [0.2, 0.25) is 0 Å². The Morgan fingerprint density at radius 1 is 0.846 bits per heavy atom. The summed E-state index contributed by atoms with van der Waals surface area (Å²) in [5, 5.41) is 12.0. The van der Waals surface area contributed by atoms with Crippen molar-refractivity contribution in [2.45, 2.75) is 0 Å². The van der Waals surface area contributed by atoms with Crippen molar-refractivity contribution in [1.29, 1.82) is 10.8 Å². The molecule has 0 aliphatic heterocycles. The van der Waals surface area contributed by atoms with Gasteiger partial charge in [0.25, 0.3) is 0 Å². The van der Waals surface area contributed by atoms with E-state index >= 15 is 0 Å². The Bertz CT molecular complexity index is 213. The van der Waals surface area contributed by atoms with Gasteiger partial charge in [0.05, 0.1) is 14.2 Å². The number of methoxy groups -OCH3 is 2. The fourth-order valence-corrected chi connectivity index (χ4v) is 0.712. The molecule has 0 heterocycles. The molecule has 0 aliphatic rings. The van der Waals surface area contributed by atoms with E-state index in [1.54, 1.807) is 14.2 Å². The van der Waals surface area contributed by atoms with Gasteiger partial charge in [0.2, 0.25) is 0 Å². The van der Waals surface area contributed by atoms with E-state index < -0.39 is 0 Å².